The van der Waals surface area contributed by atoms with Gasteiger partial charge in [0, 0.05) is 0 Å². The Kier molecular flexibility index (Phi) is 3.38. The lowest BCUT2D eigenvalue weighted by Crippen LogP contribution is -2.31. The van der Waals surface area contributed by atoms with Crippen LogP contribution in [0, 0.1) is 10.1 Å². The van der Waals surface area contributed by atoms with Crippen LogP contribution in [0.4, 0.5) is 5.69 Å². The van der Waals surface area contributed by atoms with Gasteiger partial charge in [-0.1, -0.05) is 11.6 Å². The molecule has 0 amide bonds. The van der Waals surface area contributed by atoms with Gasteiger partial charge in [-0.2, -0.15) is 5.10 Å². The molecule has 0 aliphatic rings. The minimum absolute atomic E-state index is 0.0688. The van der Waals surface area contributed by atoms with E-state index in [-0.39, 0.29) is 11.7 Å². The molecular formula is C9H6ClN5O4. The van der Waals surface area contributed by atoms with Crippen LogP contribution in [0.1, 0.15) is 5.69 Å². The Balaban J connectivity index is 2.43. The van der Waals surface area contributed by atoms with Crippen LogP contribution in [0.25, 0.3) is 0 Å². The van der Waals surface area contributed by atoms with E-state index in [1.165, 1.54) is 12.1 Å². The molecule has 0 aliphatic heterocycles. The molecule has 0 saturated heterocycles. The summed E-state index contributed by atoms with van der Waals surface area (Å²) in [4.78, 5) is 34.3. The highest BCUT2D eigenvalue weighted by molar-refractivity contribution is 6.29. The van der Waals surface area contributed by atoms with Gasteiger partial charge in [0.1, 0.15) is 0 Å². The molecule has 19 heavy (non-hydrogen) atoms. The van der Waals surface area contributed by atoms with E-state index in [9.17, 15) is 19.7 Å². The topological polar surface area (TPSA) is 124 Å². The Morgan fingerprint density at radius 2 is 2.11 bits per heavy atom. The monoisotopic (exact) mass is 283 g/mol. The van der Waals surface area contributed by atoms with Crippen molar-refractivity contribution in [3.8, 4) is 0 Å². The van der Waals surface area contributed by atoms with Crippen LogP contribution in [-0.2, 0) is 6.54 Å². The number of nitrogens with zero attached hydrogens (tertiary/aromatic N) is 4. The smallest absolute Gasteiger partial charge is 0.288 e. The minimum atomic E-state index is -1.05. The van der Waals surface area contributed by atoms with Gasteiger partial charge in [-0.25, -0.2) is 4.79 Å². The largest absolute Gasteiger partial charge is 0.350 e. The fourth-order valence-corrected chi connectivity index (χ4v) is 1.45. The molecule has 0 aromatic carbocycles. The van der Waals surface area contributed by atoms with E-state index in [2.05, 4.69) is 10.2 Å². The minimum Gasteiger partial charge on any atom is -0.288 e. The first-order valence-electron chi connectivity index (χ1n) is 4.93. The molecule has 2 aromatic rings. The fourth-order valence-electron chi connectivity index (χ4n) is 1.35. The molecule has 98 valence electrons. The van der Waals surface area contributed by atoms with Crippen LogP contribution in [0.15, 0.2) is 27.9 Å². The predicted molar refractivity (Wildman–Crippen MR) is 64.1 cm³/mol. The summed E-state index contributed by atoms with van der Waals surface area (Å²) in [7, 11) is 0. The summed E-state index contributed by atoms with van der Waals surface area (Å²) in [6, 6.07) is 2.98. The zero-order chi connectivity index (χ0) is 14.0. The van der Waals surface area contributed by atoms with Crippen molar-refractivity contribution in [1.29, 1.82) is 0 Å². The first-order chi connectivity index (χ1) is 8.97. The molecular weight excluding hydrogens is 278 g/mol. The van der Waals surface area contributed by atoms with Gasteiger partial charge in [-0.05, 0) is 12.1 Å². The van der Waals surface area contributed by atoms with Crippen molar-refractivity contribution in [3.63, 3.8) is 0 Å². The predicted octanol–water partition coefficient (Wildman–Crippen LogP) is -0.0635. The van der Waals surface area contributed by atoms with Crippen molar-refractivity contribution >= 4 is 17.3 Å². The lowest BCUT2D eigenvalue weighted by Gasteiger charge is -2.03. The van der Waals surface area contributed by atoms with Gasteiger partial charge in [-0.15, -0.1) is 5.10 Å². The van der Waals surface area contributed by atoms with Crippen LogP contribution in [0.2, 0.25) is 5.15 Å². The zero-order valence-electron chi connectivity index (χ0n) is 9.24. The van der Waals surface area contributed by atoms with Crippen molar-refractivity contribution in [3.05, 3.63) is 60.1 Å². The van der Waals surface area contributed by atoms with Crippen molar-refractivity contribution < 1.29 is 4.92 Å². The summed E-state index contributed by atoms with van der Waals surface area (Å²) in [5.74, 6) is 0. The number of aromatic nitrogens is 4. The number of nitro groups is 1. The first-order valence-corrected chi connectivity index (χ1v) is 5.31. The van der Waals surface area contributed by atoms with Crippen molar-refractivity contribution in [2.45, 2.75) is 6.54 Å². The lowest BCUT2D eigenvalue weighted by atomic mass is 10.4. The Hall–Kier alpha value is -2.55. The molecule has 0 atom stereocenters. The average molecular weight is 284 g/mol. The number of nitrogens with one attached hydrogen (secondary N) is 1. The molecule has 2 aromatic heterocycles. The van der Waals surface area contributed by atoms with Gasteiger partial charge in [0.25, 0.3) is 0 Å². The van der Waals surface area contributed by atoms with Crippen LogP contribution in [0.5, 0.6) is 0 Å². The molecule has 2 rings (SSSR count). The maximum atomic E-state index is 11.5. The number of hydrogen-bond acceptors (Lipinski definition) is 6. The summed E-state index contributed by atoms with van der Waals surface area (Å²) >= 11 is 5.55. The Morgan fingerprint density at radius 1 is 1.37 bits per heavy atom. The van der Waals surface area contributed by atoms with E-state index < -0.39 is 21.9 Å². The molecule has 0 unspecified atom stereocenters. The molecule has 10 heteroatoms. The average Bonchev–Trinajstić information content (AvgIpc) is 2.34. The van der Waals surface area contributed by atoms with E-state index in [1.807, 2.05) is 4.98 Å². The number of halogens is 1. The second-order valence-corrected chi connectivity index (χ2v) is 3.89. The Morgan fingerprint density at radius 3 is 2.68 bits per heavy atom. The highest BCUT2D eigenvalue weighted by atomic mass is 35.5. The summed E-state index contributed by atoms with van der Waals surface area (Å²) in [6.45, 7) is -0.0688. The summed E-state index contributed by atoms with van der Waals surface area (Å²) in [6.07, 6.45) is 0.859. The van der Waals surface area contributed by atoms with Gasteiger partial charge in [0.15, 0.2) is 5.15 Å². The fraction of sp³-hybridized carbons (Fsp3) is 0.111. The van der Waals surface area contributed by atoms with Gasteiger partial charge in [-0.3, -0.25) is 24.5 Å². The summed E-state index contributed by atoms with van der Waals surface area (Å²) in [5.41, 5.74) is -2.17. The van der Waals surface area contributed by atoms with E-state index in [1.54, 1.807) is 0 Å². The number of hydrogen-bond donors (Lipinski definition) is 1. The molecule has 0 radical (unpaired) electrons. The quantitative estimate of drug-likeness (QED) is 0.621. The van der Waals surface area contributed by atoms with E-state index >= 15 is 0 Å². The highest BCUT2D eigenvalue weighted by Gasteiger charge is 2.15. The molecule has 0 bridgehead atoms. The van der Waals surface area contributed by atoms with Crippen LogP contribution in [-0.4, -0.2) is 24.7 Å². The summed E-state index contributed by atoms with van der Waals surface area (Å²) in [5, 5.41) is 18.1. The molecule has 0 saturated carbocycles. The Bertz CT molecular complexity index is 736. The maximum Gasteiger partial charge on any atom is 0.350 e. The van der Waals surface area contributed by atoms with Gasteiger partial charge < -0.3 is 0 Å². The maximum absolute atomic E-state index is 11.5. The molecule has 1 N–H and O–H groups in total. The third-order valence-electron chi connectivity index (χ3n) is 2.21. The lowest BCUT2D eigenvalue weighted by molar-refractivity contribution is -0.386. The van der Waals surface area contributed by atoms with E-state index in [4.69, 9.17) is 11.6 Å². The Labute approximate surface area is 109 Å². The normalized spacial score (nSPS) is 10.4. The highest BCUT2D eigenvalue weighted by Crippen LogP contribution is 2.04. The molecule has 0 aliphatic carbocycles. The first kappa shape index (κ1) is 12.9. The summed E-state index contributed by atoms with van der Waals surface area (Å²) < 4.78 is 0.956. The van der Waals surface area contributed by atoms with Gasteiger partial charge >= 0.3 is 16.9 Å². The second kappa shape index (κ2) is 4.98. The SMILES string of the molecule is O=c1[nH]c(=O)n(Cc2ccc(Cl)nn2)cc1[N+](=O)[O-]. The second-order valence-electron chi connectivity index (χ2n) is 3.51. The molecule has 0 spiro atoms. The van der Waals surface area contributed by atoms with E-state index in [0.29, 0.717) is 5.69 Å². The van der Waals surface area contributed by atoms with Gasteiger partial charge in [0.2, 0.25) is 0 Å². The third-order valence-corrected chi connectivity index (χ3v) is 2.41. The third kappa shape index (κ3) is 2.83. The number of aromatic amines is 1. The number of rotatable bonds is 3. The van der Waals surface area contributed by atoms with E-state index in [0.717, 1.165) is 10.8 Å². The van der Waals surface area contributed by atoms with Gasteiger partial charge in [0.05, 0.1) is 23.4 Å². The van der Waals surface area contributed by atoms with Crippen LogP contribution < -0.4 is 11.2 Å². The van der Waals surface area contributed by atoms with Crippen molar-refractivity contribution in [2.75, 3.05) is 0 Å². The van der Waals surface area contributed by atoms with Crippen molar-refractivity contribution in [1.82, 2.24) is 19.7 Å². The van der Waals surface area contributed by atoms with Crippen LogP contribution >= 0.6 is 11.6 Å². The molecule has 2 heterocycles. The van der Waals surface area contributed by atoms with Crippen LogP contribution in [0.3, 0.4) is 0 Å². The molecule has 9 nitrogen and oxygen atoms in total. The molecule has 0 fully saturated rings. The standard InChI is InChI=1S/C9H6ClN5O4/c10-7-2-1-5(12-13-7)3-14-4-6(15(18)19)8(16)11-9(14)17/h1-2,4H,3H2,(H,11,16,17). The zero-order valence-corrected chi connectivity index (χ0v) is 9.99. The number of H-pyrrole nitrogens is 1. The van der Waals surface area contributed by atoms with Crippen molar-refractivity contribution in [2.24, 2.45) is 0 Å².